The Hall–Kier alpha value is -0.150. The van der Waals surface area contributed by atoms with Crippen molar-refractivity contribution in [1.29, 1.82) is 0 Å². The number of hydrogen-bond donors (Lipinski definition) is 1. The van der Waals surface area contributed by atoms with Gasteiger partial charge in [-0.1, -0.05) is 52.5 Å². The zero-order valence-electron chi connectivity index (χ0n) is 8.68. The molecular formula is C11H8Cl4O2. The fourth-order valence-corrected chi connectivity index (χ4v) is 3.18. The van der Waals surface area contributed by atoms with Crippen LogP contribution in [0.5, 0.6) is 0 Å². The largest absolute Gasteiger partial charge is 0.481 e. The molecule has 1 aromatic rings. The Kier molecular flexibility index (Phi) is 3.28. The third-order valence-corrected chi connectivity index (χ3v) is 4.75. The van der Waals surface area contributed by atoms with Crippen molar-refractivity contribution in [2.45, 2.75) is 17.2 Å². The van der Waals surface area contributed by atoms with Crippen molar-refractivity contribution < 1.29 is 9.90 Å². The van der Waals surface area contributed by atoms with Crippen molar-refractivity contribution in [2.24, 2.45) is 5.92 Å². The Morgan fingerprint density at radius 2 is 1.94 bits per heavy atom. The summed E-state index contributed by atoms with van der Waals surface area (Å²) in [6.45, 7) is 1.79. The molecule has 2 atom stereocenters. The van der Waals surface area contributed by atoms with Crippen molar-refractivity contribution in [3.05, 3.63) is 33.3 Å². The molecule has 0 amide bonds. The molecule has 0 aromatic heterocycles. The Labute approximate surface area is 118 Å². The summed E-state index contributed by atoms with van der Waals surface area (Å²) < 4.78 is -1.27. The van der Waals surface area contributed by atoms with Gasteiger partial charge in [-0.3, -0.25) is 4.79 Å². The summed E-state index contributed by atoms with van der Waals surface area (Å²) in [7, 11) is 0. The Balaban J connectivity index is 2.41. The van der Waals surface area contributed by atoms with E-state index in [2.05, 4.69) is 0 Å². The lowest BCUT2D eigenvalue weighted by atomic mass is 10.1. The molecule has 1 aliphatic rings. The molecule has 1 fully saturated rings. The molecule has 1 aliphatic carbocycles. The van der Waals surface area contributed by atoms with Crippen LogP contribution in [0.2, 0.25) is 10.0 Å². The maximum Gasteiger partial charge on any atom is 0.310 e. The first-order valence-electron chi connectivity index (χ1n) is 4.83. The van der Waals surface area contributed by atoms with E-state index in [-0.39, 0.29) is 0 Å². The Bertz CT molecular complexity index is 475. The van der Waals surface area contributed by atoms with Gasteiger partial charge in [0, 0.05) is 5.92 Å². The lowest BCUT2D eigenvalue weighted by Crippen LogP contribution is -2.03. The van der Waals surface area contributed by atoms with Gasteiger partial charge in [0.2, 0.25) is 0 Å². The third kappa shape index (κ3) is 2.12. The van der Waals surface area contributed by atoms with Crippen molar-refractivity contribution in [3.63, 3.8) is 0 Å². The first-order chi connectivity index (χ1) is 7.76. The number of halogens is 4. The van der Waals surface area contributed by atoms with Crippen LogP contribution in [-0.4, -0.2) is 15.4 Å². The van der Waals surface area contributed by atoms with Crippen LogP contribution in [0.15, 0.2) is 12.1 Å². The van der Waals surface area contributed by atoms with Gasteiger partial charge in [-0.2, -0.15) is 0 Å². The molecule has 0 saturated heterocycles. The van der Waals surface area contributed by atoms with E-state index >= 15 is 0 Å². The number of carbonyl (C=O) groups is 1. The topological polar surface area (TPSA) is 37.3 Å². The molecule has 1 unspecified atom stereocenters. The summed E-state index contributed by atoms with van der Waals surface area (Å²) in [5, 5.41) is 9.82. The molecule has 6 heteroatoms. The average molecular weight is 314 g/mol. The lowest BCUT2D eigenvalue weighted by Gasteiger charge is -2.06. The zero-order chi connectivity index (χ0) is 13.0. The summed E-state index contributed by atoms with van der Waals surface area (Å²) in [6, 6.07) is 3.38. The number of rotatable bonds is 2. The lowest BCUT2D eigenvalue weighted by molar-refractivity contribution is -0.138. The van der Waals surface area contributed by atoms with Gasteiger partial charge < -0.3 is 5.11 Å². The minimum absolute atomic E-state index is 0.377. The minimum atomic E-state index is -1.27. The van der Waals surface area contributed by atoms with E-state index in [4.69, 9.17) is 51.5 Å². The van der Waals surface area contributed by atoms with E-state index in [1.165, 1.54) is 0 Å². The van der Waals surface area contributed by atoms with Gasteiger partial charge in [0.1, 0.15) is 4.33 Å². The van der Waals surface area contributed by atoms with Crippen LogP contribution in [0, 0.1) is 12.8 Å². The monoisotopic (exact) mass is 312 g/mol. The van der Waals surface area contributed by atoms with Crippen LogP contribution in [0.3, 0.4) is 0 Å². The standard InChI is InChI=1S/C11H8Cl4O2/c1-4-2-5(3-6(12)9(4)13)7-8(10(16)17)11(7,14)15/h2-3,7-8H,1H3,(H,16,17)/t7?,8-/m0/s1. The van der Waals surface area contributed by atoms with Gasteiger partial charge in [-0.05, 0) is 24.1 Å². The van der Waals surface area contributed by atoms with E-state index in [0.29, 0.717) is 15.6 Å². The van der Waals surface area contributed by atoms with Crippen molar-refractivity contribution in [3.8, 4) is 0 Å². The molecule has 0 bridgehead atoms. The van der Waals surface area contributed by atoms with Gasteiger partial charge in [0.05, 0.1) is 16.0 Å². The smallest absolute Gasteiger partial charge is 0.310 e. The maximum absolute atomic E-state index is 11.0. The molecular weight excluding hydrogens is 306 g/mol. The minimum Gasteiger partial charge on any atom is -0.481 e. The summed E-state index contributed by atoms with van der Waals surface area (Å²) in [4.78, 5) is 11.0. The fraction of sp³-hybridized carbons (Fsp3) is 0.364. The van der Waals surface area contributed by atoms with Crippen LogP contribution in [0.1, 0.15) is 17.0 Å². The predicted octanol–water partition coefficient (Wildman–Crippen LogP) is 4.27. The highest BCUT2D eigenvalue weighted by Crippen LogP contribution is 2.65. The highest BCUT2D eigenvalue weighted by Gasteiger charge is 2.68. The number of carboxylic acids is 1. The van der Waals surface area contributed by atoms with Gasteiger partial charge in [-0.15, -0.1) is 0 Å². The Morgan fingerprint density at radius 1 is 1.35 bits per heavy atom. The van der Waals surface area contributed by atoms with Crippen LogP contribution in [-0.2, 0) is 4.79 Å². The number of aliphatic carboxylic acids is 1. The number of benzene rings is 1. The molecule has 1 saturated carbocycles. The van der Waals surface area contributed by atoms with Gasteiger partial charge in [0.25, 0.3) is 0 Å². The summed E-state index contributed by atoms with van der Waals surface area (Å²) in [5.74, 6) is -2.26. The Morgan fingerprint density at radius 3 is 2.35 bits per heavy atom. The number of hydrogen-bond acceptors (Lipinski definition) is 1. The summed E-state index contributed by atoms with van der Waals surface area (Å²) in [5.41, 5.74) is 1.48. The quantitative estimate of drug-likeness (QED) is 0.828. The van der Waals surface area contributed by atoms with E-state index in [0.717, 1.165) is 5.56 Å². The third-order valence-electron chi connectivity index (χ3n) is 2.91. The van der Waals surface area contributed by atoms with Crippen molar-refractivity contribution >= 4 is 52.4 Å². The summed E-state index contributed by atoms with van der Waals surface area (Å²) >= 11 is 23.8. The predicted molar refractivity (Wildman–Crippen MR) is 69.5 cm³/mol. The molecule has 2 rings (SSSR count). The van der Waals surface area contributed by atoms with Gasteiger partial charge in [-0.25, -0.2) is 0 Å². The summed E-state index contributed by atoms with van der Waals surface area (Å²) in [6.07, 6.45) is 0. The molecule has 17 heavy (non-hydrogen) atoms. The molecule has 92 valence electrons. The van der Waals surface area contributed by atoms with Gasteiger partial charge >= 0.3 is 5.97 Å². The first-order valence-corrected chi connectivity index (χ1v) is 6.34. The SMILES string of the molecule is Cc1cc(C2[C@@H](C(=O)O)C2(Cl)Cl)cc(Cl)c1Cl. The number of carboxylic acid groups (broad SMARTS) is 1. The van der Waals surface area contributed by atoms with Crippen molar-refractivity contribution in [2.75, 3.05) is 0 Å². The number of aryl methyl sites for hydroxylation is 1. The first kappa shape index (κ1) is 13.3. The van der Waals surface area contributed by atoms with Crippen LogP contribution in [0.25, 0.3) is 0 Å². The van der Waals surface area contributed by atoms with E-state index < -0.39 is 22.1 Å². The molecule has 2 nitrogen and oxygen atoms in total. The number of alkyl halides is 2. The van der Waals surface area contributed by atoms with Crippen molar-refractivity contribution in [1.82, 2.24) is 0 Å². The second-order valence-electron chi connectivity index (χ2n) is 4.10. The molecule has 0 radical (unpaired) electrons. The fourth-order valence-electron chi connectivity index (χ4n) is 1.98. The average Bonchev–Trinajstić information content (AvgIpc) is 2.77. The second-order valence-corrected chi connectivity index (χ2v) is 6.33. The van der Waals surface area contributed by atoms with Crippen LogP contribution < -0.4 is 0 Å². The van der Waals surface area contributed by atoms with Crippen LogP contribution in [0.4, 0.5) is 0 Å². The highest BCUT2D eigenvalue weighted by atomic mass is 35.5. The molecule has 1 aromatic carbocycles. The highest BCUT2D eigenvalue weighted by molar-refractivity contribution is 6.53. The molecule has 0 aliphatic heterocycles. The second kappa shape index (κ2) is 4.20. The van der Waals surface area contributed by atoms with E-state index in [1.54, 1.807) is 19.1 Å². The maximum atomic E-state index is 11.0. The molecule has 0 spiro atoms. The van der Waals surface area contributed by atoms with E-state index in [9.17, 15) is 4.79 Å². The van der Waals surface area contributed by atoms with E-state index in [1.807, 2.05) is 0 Å². The molecule has 1 N–H and O–H groups in total. The molecule has 0 heterocycles. The van der Waals surface area contributed by atoms with Gasteiger partial charge in [0.15, 0.2) is 0 Å². The zero-order valence-corrected chi connectivity index (χ0v) is 11.7. The van der Waals surface area contributed by atoms with Crippen LogP contribution >= 0.6 is 46.4 Å². The normalized spacial score (nSPS) is 25.7.